The molecule has 2 atom stereocenters. The summed E-state index contributed by atoms with van der Waals surface area (Å²) >= 11 is 0. The predicted octanol–water partition coefficient (Wildman–Crippen LogP) is 3.46. The fourth-order valence-electron chi connectivity index (χ4n) is 3.02. The number of rotatable bonds is 3. The predicted molar refractivity (Wildman–Crippen MR) is 75.7 cm³/mol. The van der Waals surface area contributed by atoms with E-state index in [1.807, 2.05) is 6.92 Å². The van der Waals surface area contributed by atoms with E-state index < -0.39 is 0 Å². The van der Waals surface area contributed by atoms with Crippen molar-refractivity contribution in [2.45, 2.75) is 72.4 Å². The Bertz CT molecular complexity index is 394. The van der Waals surface area contributed by atoms with Crippen molar-refractivity contribution in [1.82, 2.24) is 15.5 Å². The van der Waals surface area contributed by atoms with Gasteiger partial charge in [-0.2, -0.15) is 4.98 Å². The van der Waals surface area contributed by atoms with E-state index in [2.05, 4.69) is 36.2 Å². The zero-order chi connectivity index (χ0) is 13.9. The molecule has 2 unspecified atom stereocenters. The Morgan fingerprint density at radius 3 is 2.63 bits per heavy atom. The lowest BCUT2D eigenvalue weighted by molar-refractivity contribution is 0.213. The molecule has 1 saturated carbocycles. The standard InChI is InChI=1S/C15H27N3O/c1-11-17-14(19-18-11)10-16-13-7-5-6-12(8-9-13)15(2,3)4/h12-13,16H,5-10H2,1-4H3. The molecule has 0 radical (unpaired) electrons. The maximum Gasteiger partial charge on any atom is 0.240 e. The van der Waals surface area contributed by atoms with Crippen molar-refractivity contribution < 1.29 is 4.52 Å². The lowest BCUT2D eigenvalue weighted by Crippen LogP contribution is -2.28. The maximum atomic E-state index is 5.14. The van der Waals surface area contributed by atoms with Crippen LogP contribution in [0.4, 0.5) is 0 Å². The van der Waals surface area contributed by atoms with E-state index in [1.54, 1.807) is 0 Å². The molecule has 0 aromatic carbocycles. The van der Waals surface area contributed by atoms with Crippen molar-refractivity contribution in [1.29, 1.82) is 0 Å². The summed E-state index contributed by atoms with van der Waals surface area (Å²) in [6.07, 6.45) is 6.53. The van der Waals surface area contributed by atoms with Crippen LogP contribution in [0.2, 0.25) is 0 Å². The van der Waals surface area contributed by atoms with Crippen LogP contribution in [0.3, 0.4) is 0 Å². The Labute approximate surface area is 116 Å². The molecular weight excluding hydrogens is 238 g/mol. The van der Waals surface area contributed by atoms with Crippen LogP contribution in [0.5, 0.6) is 0 Å². The second-order valence-corrected chi connectivity index (χ2v) is 6.88. The van der Waals surface area contributed by atoms with Gasteiger partial charge in [0.05, 0.1) is 6.54 Å². The minimum absolute atomic E-state index is 0.443. The average molecular weight is 265 g/mol. The molecule has 0 amide bonds. The molecule has 1 aromatic rings. The van der Waals surface area contributed by atoms with Crippen LogP contribution in [0, 0.1) is 18.3 Å². The highest BCUT2D eigenvalue weighted by molar-refractivity contribution is 4.85. The van der Waals surface area contributed by atoms with Crippen molar-refractivity contribution >= 4 is 0 Å². The van der Waals surface area contributed by atoms with Gasteiger partial charge in [0.2, 0.25) is 5.89 Å². The molecule has 1 fully saturated rings. The Balaban J connectivity index is 1.80. The highest BCUT2D eigenvalue weighted by Crippen LogP contribution is 2.36. The van der Waals surface area contributed by atoms with Gasteiger partial charge < -0.3 is 9.84 Å². The molecule has 2 rings (SSSR count). The molecule has 1 heterocycles. The fraction of sp³-hybridized carbons (Fsp3) is 0.867. The molecule has 1 N–H and O–H groups in total. The Hall–Kier alpha value is -0.900. The second kappa shape index (κ2) is 6.04. The molecule has 108 valence electrons. The van der Waals surface area contributed by atoms with Gasteiger partial charge in [-0.05, 0) is 43.9 Å². The number of hydrogen-bond donors (Lipinski definition) is 1. The number of hydrogen-bond acceptors (Lipinski definition) is 4. The molecule has 0 aliphatic heterocycles. The Kier molecular flexibility index (Phi) is 4.61. The van der Waals surface area contributed by atoms with Crippen molar-refractivity contribution in [2.24, 2.45) is 11.3 Å². The largest absolute Gasteiger partial charge is 0.338 e. The summed E-state index contributed by atoms with van der Waals surface area (Å²) in [5.41, 5.74) is 0.443. The van der Waals surface area contributed by atoms with Gasteiger partial charge in [-0.25, -0.2) is 0 Å². The van der Waals surface area contributed by atoms with Crippen LogP contribution >= 0.6 is 0 Å². The number of nitrogens with zero attached hydrogens (tertiary/aromatic N) is 2. The lowest BCUT2D eigenvalue weighted by Gasteiger charge is -2.29. The third-order valence-electron chi connectivity index (χ3n) is 4.31. The SMILES string of the molecule is Cc1noc(CNC2CCCC(C(C)(C)C)CC2)n1. The summed E-state index contributed by atoms with van der Waals surface area (Å²) in [5, 5.41) is 7.38. The van der Waals surface area contributed by atoms with Gasteiger partial charge in [0.15, 0.2) is 5.82 Å². The molecule has 4 nitrogen and oxygen atoms in total. The van der Waals surface area contributed by atoms with Crippen LogP contribution in [0.25, 0.3) is 0 Å². The van der Waals surface area contributed by atoms with Gasteiger partial charge in [-0.1, -0.05) is 32.3 Å². The normalized spacial score (nSPS) is 25.3. The van der Waals surface area contributed by atoms with E-state index in [0.717, 1.165) is 5.92 Å². The number of aromatic nitrogens is 2. The third kappa shape index (κ3) is 4.30. The second-order valence-electron chi connectivity index (χ2n) is 6.88. The minimum atomic E-state index is 0.443. The van der Waals surface area contributed by atoms with Crippen molar-refractivity contribution in [3.63, 3.8) is 0 Å². The van der Waals surface area contributed by atoms with Crippen LogP contribution in [0.1, 0.15) is 64.6 Å². The minimum Gasteiger partial charge on any atom is -0.338 e. The van der Waals surface area contributed by atoms with E-state index in [4.69, 9.17) is 4.52 Å². The van der Waals surface area contributed by atoms with E-state index in [0.29, 0.717) is 29.7 Å². The highest BCUT2D eigenvalue weighted by atomic mass is 16.5. The summed E-state index contributed by atoms with van der Waals surface area (Å²) in [7, 11) is 0. The van der Waals surface area contributed by atoms with Crippen LogP contribution in [-0.2, 0) is 6.54 Å². The molecule has 1 aromatic heterocycles. The summed E-state index contributed by atoms with van der Waals surface area (Å²) in [6, 6.07) is 0.597. The first-order valence-electron chi connectivity index (χ1n) is 7.47. The van der Waals surface area contributed by atoms with Crippen molar-refractivity contribution in [2.75, 3.05) is 0 Å². The third-order valence-corrected chi connectivity index (χ3v) is 4.31. The first-order chi connectivity index (χ1) is 8.95. The van der Waals surface area contributed by atoms with Gasteiger partial charge in [0.1, 0.15) is 0 Å². The molecule has 4 heteroatoms. The van der Waals surface area contributed by atoms with Crippen LogP contribution in [-0.4, -0.2) is 16.2 Å². The topological polar surface area (TPSA) is 51.0 Å². The van der Waals surface area contributed by atoms with E-state index in [9.17, 15) is 0 Å². The lowest BCUT2D eigenvalue weighted by atomic mass is 9.76. The molecule has 1 aliphatic carbocycles. The summed E-state index contributed by atoms with van der Waals surface area (Å²) in [4.78, 5) is 4.23. The van der Waals surface area contributed by atoms with E-state index >= 15 is 0 Å². The summed E-state index contributed by atoms with van der Waals surface area (Å²) in [5.74, 6) is 2.27. The molecular formula is C15H27N3O. The molecule has 0 saturated heterocycles. The molecule has 1 aliphatic rings. The van der Waals surface area contributed by atoms with Crippen molar-refractivity contribution in [3.05, 3.63) is 11.7 Å². The first kappa shape index (κ1) is 14.5. The van der Waals surface area contributed by atoms with Crippen LogP contribution in [0.15, 0.2) is 4.52 Å². The quantitative estimate of drug-likeness (QED) is 0.850. The molecule has 0 spiro atoms. The zero-order valence-corrected chi connectivity index (χ0v) is 12.7. The van der Waals surface area contributed by atoms with Gasteiger partial charge in [0.25, 0.3) is 0 Å². The average Bonchev–Trinajstić information content (AvgIpc) is 2.61. The monoisotopic (exact) mass is 265 g/mol. The number of aryl methyl sites for hydroxylation is 1. The fourth-order valence-corrected chi connectivity index (χ4v) is 3.02. The van der Waals surface area contributed by atoms with Gasteiger partial charge in [0, 0.05) is 6.04 Å². The Morgan fingerprint density at radius 2 is 2.00 bits per heavy atom. The van der Waals surface area contributed by atoms with Gasteiger partial charge >= 0.3 is 0 Å². The summed E-state index contributed by atoms with van der Waals surface area (Å²) in [6.45, 7) is 9.66. The maximum absolute atomic E-state index is 5.14. The highest BCUT2D eigenvalue weighted by Gasteiger charge is 2.27. The van der Waals surface area contributed by atoms with E-state index in [1.165, 1.54) is 32.1 Å². The van der Waals surface area contributed by atoms with Gasteiger partial charge in [-0.15, -0.1) is 0 Å². The van der Waals surface area contributed by atoms with Crippen LogP contribution < -0.4 is 5.32 Å². The Morgan fingerprint density at radius 1 is 1.21 bits per heavy atom. The molecule has 19 heavy (non-hydrogen) atoms. The summed E-state index contributed by atoms with van der Waals surface area (Å²) < 4.78 is 5.14. The number of nitrogens with one attached hydrogen (secondary N) is 1. The zero-order valence-electron chi connectivity index (χ0n) is 12.7. The van der Waals surface area contributed by atoms with E-state index in [-0.39, 0.29) is 0 Å². The van der Waals surface area contributed by atoms with Crippen molar-refractivity contribution in [3.8, 4) is 0 Å². The first-order valence-corrected chi connectivity index (χ1v) is 7.47. The van der Waals surface area contributed by atoms with Gasteiger partial charge in [-0.3, -0.25) is 0 Å². The smallest absolute Gasteiger partial charge is 0.240 e. The molecule has 0 bridgehead atoms.